The number of imide groups is 1. The number of piperidine rings is 1. The number of nitrogens with zero attached hydrogens (tertiary/aromatic N) is 2. The quantitative estimate of drug-likeness (QED) is 0.0860. The van der Waals surface area contributed by atoms with Crippen LogP contribution in [0, 0.1) is 5.41 Å². The lowest BCUT2D eigenvalue weighted by molar-refractivity contribution is -0.154. The maximum Gasteiger partial charge on any atom is 0.255 e. The van der Waals surface area contributed by atoms with E-state index in [-0.39, 0.29) is 30.1 Å². The Bertz CT molecular complexity index is 2070. The number of hydrogen-bond acceptors (Lipinski definition) is 8. The van der Waals surface area contributed by atoms with Crippen LogP contribution in [0.15, 0.2) is 97.1 Å². The highest BCUT2D eigenvalue weighted by Crippen LogP contribution is 2.49. The summed E-state index contributed by atoms with van der Waals surface area (Å²) in [5.41, 5.74) is 7.51. The lowest BCUT2D eigenvalue weighted by atomic mass is 9.62. The number of likely N-dealkylation sites (tertiary alicyclic amines) is 1. The van der Waals surface area contributed by atoms with E-state index >= 15 is 0 Å². The highest BCUT2D eigenvalue weighted by molar-refractivity contribution is 6.05. The van der Waals surface area contributed by atoms with Gasteiger partial charge in [0.25, 0.3) is 5.91 Å². The summed E-state index contributed by atoms with van der Waals surface area (Å²) in [4.78, 5) is 40.8. The Morgan fingerprint density at radius 2 is 1.51 bits per heavy atom. The fourth-order valence-corrected chi connectivity index (χ4v) is 8.68. The van der Waals surface area contributed by atoms with Crippen molar-refractivity contribution in [3.8, 4) is 17.2 Å². The SMILES string of the molecule is CC/C(=C(\c1ccc(O)cc1)c1ccc(OCCN2CC3(CC(OCCOc4ccc5c(c4)CN(C4CCC(=O)NC4=O)C5=O)C3)C2)cc1)c1ccccc1. The smallest absolute Gasteiger partial charge is 0.255 e. The fraction of sp³-hybridized carbons (Fsp3) is 0.356. The van der Waals surface area contributed by atoms with Crippen LogP contribution in [-0.4, -0.2) is 84.2 Å². The maximum atomic E-state index is 12.9. The minimum absolute atomic E-state index is 0.189. The highest BCUT2D eigenvalue weighted by Gasteiger charge is 2.52. The number of carbonyl (C=O) groups is 3. The molecule has 284 valence electrons. The third-order valence-corrected chi connectivity index (χ3v) is 11.4. The van der Waals surface area contributed by atoms with Crippen LogP contribution < -0.4 is 14.8 Å². The van der Waals surface area contributed by atoms with Gasteiger partial charge in [-0.1, -0.05) is 61.5 Å². The topological polar surface area (TPSA) is 118 Å². The van der Waals surface area contributed by atoms with Gasteiger partial charge in [-0.25, -0.2) is 0 Å². The van der Waals surface area contributed by atoms with Crippen molar-refractivity contribution < 1.29 is 33.7 Å². The Morgan fingerprint density at radius 1 is 0.818 bits per heavy atom. The summed E-state index contributed by atoms with van der Waals surface area (Å²) in [5.74, 6) is 0.877. The number of rotatable bonds is 14. The van der Waals surface area contributed by atoms with Gasteiger partial charge >= 0.3 is 0 Å². The van der Waals surface area contributed by atoms with Crippen molar-refractivity contribution in [2.75, 3.05) is 39.5 Å². The van der Waals surface area contributed by atoms with Gasteiger partial charge in [0.1, 0.15) is 36.5 Å². The molecule has 3 aliphatic heterocycles. The highest BCUT2D eigenvalue weighted by atomic mass is 16.5. The summed E-state index contributed by atoms with van der Waals surface area (Å²) in [6, 6.07) is 31.0. The van der Waals surface area contributed by atoms with Crippen LogP contribution in [0.3, 0.4) is 0 Å². The number of hydrogen-bond donors (Lipinski definition) is 2. The average molecular weight is 742 g/mol. The maximum absolute atomic E-state index is 12.9. The molecule has 3 heterocycles. The molecule has 1 aliphatic carbocycles. The third kappa shape index (κ3) is 7.88. The van der Waals surface area contributed by atoms with E-state index in [2.05, 4.69) is 53.5 Å². The van der Waals surface area contributed by atoms with Crippen LogP contribution in [0.2, 0.25) is 0 Å². The summed E-state index contributed by atoms with van der Waals surface area (Å²) in [7, 11) is 0. The summed E-state index contributed by atoms with van der Waals surface area (Å²) >= 11 is 0. The van der Waals surface area contributed by atoms with Crippen molar-refractivity contribution in [1.82, 2.24) is 15.1 Å². The van der Waals surface area contributed by atoms with Crippen molar-refractivity contribution in [3.63, 3.8) is 0 Å². The van der Waals surface area contributed by atoms with Crippen molar-refractivity contribution in [3.05, 3.63) is 125 Å². The molecule has 1 spiro atoms. The van der Waals surface area contributed by atoms with Crippen LogP contribution >= 0.6 is 0 Å². The molecule has 4 aliphatic rings. The molecule has 3 fully saturated rings. The van der Waals surface area contributed by atoms with E-state index in [1.54, 1.807) is 29.2 Å². The number of fused-ring (bicyclic) bond motifs is 1. The van der Waals surface area contributed by atoms with E-state index < -0.39 is 11.9 Å². The first kappa shape index (κ1) is 36.5. The summed E-state index contributed by atoms with van der Waals surface area (Å²) in [5, 5.41) is 12.3. The Labute approximate surface area is 321 Å². The molecule has 8 rings (SSSR count). The first-order chi connectivity index (χ1) is 26.8. The molecular weight excluding hydrogens is 695 g/mol. The van der Waals surface area contributed by atoms with E-state index in [9.17, 15) is 19.5 Å². The molecule has 2 saturated heterocycles. The van der Waals surface area contributed by atoms with Crippen molar-refractivity contribution in [2.24, 2.45) is 5.41 Å². The van der Waals surface area contributed by atoms with Crippen LogP contribution in [0.4, 0.5) is 0 Å². The molecule has 3 amide bonds. The number of phenolic OH excluding ortho intramolecular Hbond substituents is 1. The van der Waals surface area contributed by atoms with Crippen molar-refractivity contribution >= 4 is 28.9 Å². The second-order valence-corrected chi connectivity index (χ2v) is 15.2. The van der Waals surface area contributed by atoms with Gasteiger partial charge in [-0.15, -0.1) is 0 Å². The third-order valence-electron chi connectivity index (χ3n) is 11.4. The fourth-order valence-electron chi connectivity index (χ4n) is 8.68. The number of amides is 3. The lowest BCUT2D eigenvalue weighted by Gasteiger charge is -2.58. The van der Waals surface area contributed by atoms with Gasteiger partial charge in [-0.3, -0.25) is 24.6 Å². The van der Waals surface area contributed by atoms with E-state index in [0.29, 0.717) is 49.5 Å². The first-order valence-corrected chi connectivity index (χ1v) is 19.3. The number of nitrogens with one attached hydrogen (secondary N) is 1. The minimum Gasteiger partial charge on any atom is -0.508 e. The van der Waals surface area contributed by atoms with Gasteiger partial charge < -0.3 is 24.2 Å². The summed E-state index contributed by atoms with van der Waals surface area (Å²) < 4.78 is 18.3. The lowest BCUT2D eigenvalue weighted by Crippen LogP contribution is -2.64. The number of phenols is 1. The standard InChI is InChI=1S/C45H47N3O7/c1-2-38(30-6-4-3-5-7-30)42(31-8-12-34(49)13-9-31)32-10-14-35(15-11-32)53-21-20-47-28-45(29-47)25-37(26-45)55-23-22-54-36-16-17-39-33(24-36)27-48(44(39)52)40-18-19-41(50)46-43(40)51/h3-17,24,37,40,49H,2,18-23,25-29H2,1H3,(H,46,50,51)/b42-38-. The van der Waals surface area contributed by atoms with Crippen LogP contribution in [-0.2, 0) is 20.9 Å². The molecule has 0 radical (unpaired) electrons. The van der Waals surface area contributed by atoms with Gasteiger partial charge in [0.05, 0.1) is 12.7 Å². The van der Waals surface area contributed by atoms with E-state index in [1.807, 2.05) is 36.4 Å². The van der Waals surface area contributed by atoms with Gasteiger partial charge in [-0.2, -0.15) is 0 Å². The van der Waals surface area contributed by atoms with Crippen molar-refractivity contribution in [2.45, 2.75) is 57.7 Å². The number of ether oxygens (including phenoxy) is 3. The molecule has 2 N–H and O–H groups in total. The van der Waals surface area contributed by atoms with E-state index in [0.717, 1.165) is 66.9 Å². The predicted molar refractivity (Wildman–Crippen MR) is 209 cm³/mol. The van der Waals surface area contributed by atoms with Gasteiger partial charge in [-0.05, 0) is 102 Å². The Kier molecular flexibility index (Phi) is 10.4. The molecule has 1 unspecified atom stereocenters. The zero-order chi connectivity index (χ0) is 37.9. The zero-order valence-electron chi connectivity index (χ0n) is 31.2. The van der Waals surface area contributed by atoms with Gasteiger partial charge in [0.2, 0.25) is 11.8 Å². The molecule has 4 aromatic carbocycles. The Hall–Kier alpha value is -5.45. The molecule has 0 bridgehead atoms. The summed E-state index contributed by atoms with van der Waals surface area (Å²) in [6.07, 6.45) is 3.81. The Balaban J connectivity index is 0.751. The second kappa shape index (κ2) is 15.7. The number of allylic oxidation sites excluding steroid dienone is 1. The van der Waals surface area contributed by atoms with Gasteiger partial charge in [0.15, 0.2) is 0 Å². The van der Waals surface area contributed by atoms with Crippen LogP contribution in [0.5, 0.6) is 17.2 Å². The summed E-state index contributed by atoms with van der Waals surface area (Å²) in [6.45, 7) is 7.05. The minimum atomic E-state index is -0.628. The molecule has 55 heavy (non-hydrogen) atoms. The number of benzene rings is 4. The van der Waals surface area contributed by atoms with Gasteiger partial charge in [0, 0.05) is 43.6 Å². The zero-order valence-corrected chi connectivity index (χ0v) is 31.2. The normalized spacial score (nSPS) is 19.7. The second-order valence-electron chi connectivity index (χ2n) is 15.2. The van der Waals surface area contributed by atoms with E-state index in [1.165, 1.54) is 11.1 Å². The Morgan fingerprint density at radius 3 is 2.22 bits per heavy atom. The monoisotopic (exact) mass is 741 g/mol. The number of carbonyl (C=O) groups excluding carboxylic acids is 3. The average Bonchev–Trinajstić information content (AvgIpc) is 3.49. The predicted octanol–water partition coefficient (Wildman–Crippen LogP) is 6.46. The molecule has 1 atom stereocenters. The van der Waals surface area contributed by atoms with Crippen LogP contribution in [0.25, 0.3) is 11.1 Å². The molecule has 10 heteroatoms. The molecule has 4 aromatic rings. The molecule has 1 saturated carbocycles. The molecule has 10 nitrogen and oxygen atoms in total. The largest absolute Gasteiger partial charge is 0.508 e. The first-order valence-electron chi connectivity index (χ1n) is 19.3. The molecule has 0 aromatic heterocycles. The van der Waals surface area contributed by atoms with Crippen molar-refractivity contribution in [1.29, 1.82) is 0 Å². The number of aromatic hydroxyl groups is 1. The molecular formula is C45H47N3O7. The van der Waals surface area contributed by atoms with E-state index in [4.69, 9.17) is 14.2 Å². The van der Waals surface area contributed by atoms with Crippen LogP contribution in [0.1, 0.15) is 71.6 Å².